The molecule has 3 fully saturated rings. The summed E-state index contributed by atoms with van der Waals surface area (Å²) in [5, 5.41) is 2.87. The third-order valence-electron chi connectivity index (χ3n) is 7.06. The molecule has 2 amide bonds. The average molecular weight is 431 g/mol. The van der Waals surface area contributed by atoms with Gasteiger partial charge in [-0.05, 0) is 62.3 Å². The fourth-order valence-electron chi connectivity index (χ4n) is 5.27. The molecular formula is C24H35FN4O2. The van der Waals surface area contributed by atoms with E-state index in [1.165, 1.54) is 69.2 Å². The van der Waals surface area contributed by atoms with Gasteiger partial charge in [0.2, 0.25) is 5.91 Å². The molecular weight excluding hydrogens is 395 g/mol. The van der Waals surface area contributed by atoms with Gasteiger partial charge in [0.15, 0.2) is 0 Å². The Bertz CT molecular complexity index is 761. The lowest BCUT2D eigenvalue weighted by molar-refractivity contribution is -0.124. The Kier molecular flexibility index (Phi) is 7.23. The standard InChI is InChI=1S/C24H35FN4O2/c25-19-8-6-18(7-9-19)24(31)29-16-21(14-22(29)23(30)27-13-12-26)28(20-10-11-20)15-17-4-2-1-3-5-17/h6-9,17,20-22H,1-5,10-16,26H2,(H,27,30). The minimum absolute atomic E-state index is 0.142. The van der Waals surface area contributed by atoms with Crippen molar-refractivity contribution in [2.24, 2.45) is 11.7 Å². The highest BCUT2D eigenvalue weighted by molar-refractivity contribution is 5.98. The summed E-state index contributed by atoms with van der Waals surface area (Å²) in [5.74, 6) is 0.00170. The minimum Gasteiger partial charge on any atom is -0.353 e. The Morgan fingerprint density at radius 2 is 1.77 bits per heavy atom. The van der Waals surface area contributed by atoms with Crippen molar-refractivity contribution in [2.45, 2.75) is 69.5 Å². The zero-order valence-corrected chi connectivity index (χ0v) is 18.3. The fourth-order valence-corrected chi connectivity index (χ4v) is 5.27. The Hall–Kier alpha value is -1.99. The van der Waals surface area contributed by atoms with Gasteiger partial charge in [0.05, 0.1) is 0 Å². The van der Waals surface area contributed by atoms with Crippen LogP contribution in [0.5, 0.6) is 0 Å². The predicted molar refractivity (Wildman–Crippen MR) is 118 cm³/mol. The average Bonchev–Trinajstić information content (AvgIpc) is 3.54. The summed E-state index contributed by atoms with van der Waals surface area (Å²) in [6, 6.07) is 5.85. The maximum atomic E-state index is 13.4. The maximum absolute atomic E-state index is 13.4. The normalized spacial score (nSPS) is 24.5. The third-order valence-corrected chi connectivity index (χ3v) is 7.06. The second-order valence-corrected chi connectivity index (χ2v) is 9.38. The number of amides is 2. The SMILES string of the molecule is NCCNC(=O)C1CC(N(CC2CCCCC2)C2CC2)CN1C(=O)c1ccc(F)cc1. The molecule has 7 heteroatoms. The molecule has 0 aromatic heterocycles. The van der Waals surface area contributed by atoms with Crippen LogP contribution in [-0.2, 0) is 4.79 Å². The largest absolute Gasteiger partial charge is 0.353 e. The minimum atomic E-state index is -0.512. The monoisotopic (exact) mass is 430 g/mol. The molecule has 0 radical (unpaired) electrons. The van der Waals surface area contributed by atoms with Crippen LogP contribution in [0.4, 0.5) is 4.39 Å². The van der Waals surface area contributed by atoms with Crippen molar-refractivity contribution in [3.8, 4) is 0 Å². The number of hydrogen-bond acceptors (Lipinski definition) is 4. The number of nitrogens with two attached hydrogens (primary N) is 1. The van der Waals surface area contributed by atoms with Crippen LogP contribution in [0.1, 0.15) is 61.7 Å². The lowest BCUT2D eigenvalue weighted by atomic mass is 9.88. The van der Waals surface area contributed by atoms with Gasteiger partial charge in [-0.2, -0.15) is 0 Å². The highest BCUT2D eigenvalue weighted by atomic mass is 19.1. The van der Waals surface area contributed by atoms with E-state index in [0.29, 0.717) is 37.7 Å². The predicted octanol–water partition coefficient (Wildman–Crippen LogP) is 2.53. The van der Waals surface area contributed by atoms with Crippen LogP contribution in [0.2, 0.25) is 0 Å². The summed E-state index contributed by atoms with van der Waals surface area (Å²) in [6.07, 6.45) is 9.60. The Morgan fingerprint density at radius 1 is 1.06 bits per heavy atom. The Labute approximate surface area is 184 Å². The van der Waals surface area contributed by atoms with E-state index in [2.05, 4.69) is 10.2 Å². The molecule has 0 bridgehead atoms. The van der Waals surface area contributed by atoms with Crippen molar-refractivity contribution in [1.82, 2.24) is 15.1 Å². The molecule has 1 aromatic carbocycles. The summed E-state index contributed by atoms with van der Waals surface area (Å²) in [6.45, 7) is 2.38. The molecule has 2 atom stereocenters. The first-order chi connectivity index (χ1) is 15.1. The zero-order chi connectivity index (χ0) is 21.8. The Balaban J connectivity index is 1.51. The topological polar surface area (TPSA) is 78.7 Å². The maximum Gasteiger partial charge on any atom is 0.254 e. The molecule has 170 valence electrons. The molecule has 0 spiro atoms. The second-order valence-electron chi connectivity index (χ2n) is 9.38. The lowest BCUT2D eigenvalue weighted by Crippen LogP contribution is -2.47. The number of nitrogens with one attached hydrogen (secondary N) is 1. The van der Waals surface area contributed by atoms with E-state index in [-0.39, 0.29) is 23.7 Å². The van der Waals surface area contributed by atoms with Gasteiger partial charge >= 0.3 is 0 Å². The fraction of sp³-hybridized carbons (Fsp3) is 0.667. The van der Waals surface area contributed by atoms with Gasteiger partial charge in [-0.1, -0.05) is 19.3 Å². The third kappa shape index (κ3) is 5.44. The molecule has 2 unspecified atom stereocenters. The molecule has 2 aliphatic carbocycles. The van der Waals surface area contributed by atoms with E-state index < -0.39 is 6.04 Å². The first-order valence-electron chi connectivity index (χ1n) is 11.9. The molecule has 1 aliphatic heterocycles. The van der Waals surface area contributed by atoms with Crippen LogP contribution in [-0.4, -0.2) is 65.9 Å². The highest BCUT2D eigenvalue weighted by Gasteiger charge is 2.45. The van der Waals surface area contributed by atoms with Crippen molar-refractivity contribution in [3.63, 3.8) is 0 Å². The van der Waals surface area contributed by atoms with Crippen LogP contribution < -0.4 is 11.1 Å². The number of rotatable bonds is 8. The van der Waals surface area contributed by atoms with E-state index in [1.807, 2.05) is 0 Å². The van der Waals surface area contributed by atoms with Gasteiger partial charge in [-0.15, -0.1) is 0 Å². The summed E-state index contributed by atoms with van der Waals surface area (Å²) in [7, 11) is 0. The lowest BCUT2D eigenvalue weighted by Gasteiger charge is -2.34. The van der Waals surface area contributed by atoms with E-state index in [4.69, 9.17) is 5.73 Å². The van der Waals surface area contributed by atoms with E-state index in [0.717, 1.165) is 12.5 Å². The quantitative estimate of drug-likeness (QED) is 0.664. The van der Waals surface area contributed by atoms with Crippen LogP contribution in [0.15, 0.2) is 24.3 Å². The van der Waals surface area contributed by atoms with Crippen molar-refractivity contribution in [2.75, 3.05) is 26.2 Å². The summed E-state index contributed by atoms with van der Waals surface area (Å²) >= 11 is 0. The smallest absolute Gasteiger partial charge is 0.254 e. The zero-order valence-electron chi connectivity index (χ0n) is 18.3. The van der Waals surface area contributed by atoms with E-state index in [1.54, 1.807) is 4.90 Å². The van der Waals surface area contributed by atoms with Crippen LogP contribution in [0.3, 0.4) is 0 Å². The number of carbonyl (C=O) groups excluding carboxylic acids is 2. The molecule has 31 heavy (non-hydrogen) atoms. The van der Waals surface area contributed by atoms with Crippen molar-refractivity contribution >= 4 is 11.8 Å². The van der Waals surface area contributed by atoms with Gasteiger partial charge in [0, 0.05) is 43.8 Å². The van der Waals surface area contributed by atoms with Crippen LogP contribution >= 0.6 is 0 Å². The first-order valence-corrected chi connectivity index (χ1v) is 11.9. The highest BCUT2D eigenvalue weighted by Crippen LogP contribution is 2.36. The molecule has 2 saturated carbocycles. The summed E-state index contributed by atoms with van der Waals surface area (Å²) in [4.78, 5) is 30.5. The number of benzene rings is 1. The number of nitrogens with zero attached hydrogens (tertiary/aromatic N) is 2. The number of carbonyl (C=O) groups is 2. The van der Waals surface area contributed by atoms with Gasteiger partial charge in [0.25, 0.3) is 5.91 Å². The van der Waals surface area contributed by atoms with Crippen molar-refractivity contribution in [3.05, 3.63) is 35.6 Å². The molecule has 1 saturated heterocycles. The first kappa shape index (κ1) is 22.2. The van der Waals surface area contributed by atoms with Crippen LogP contribution in [0, 0.1) is 11.7 Å². The van der Waals surface area contributed by atoms with E-state index in [9.17, 15) is 14.0 Å². The molecule has 6 nitrogen and oxygen atoms in total. The van der Waals surface area contributed by atoms with E-state index >= 15 is 0 Å². The van der Waals surface area contributed by atoms with Gasteiger partial charge < -0.3 is 16.0 Å². The van der Waals surface area contributed by atoms with Crippen molar-refractivity contribution in [1.29, 1.82) is 0 Å². The number of hydrogen-bond donors (Lipinski definition) is 2. The second kappa shape index (κ2) is 10.1. The Morgan fingerprint density at radius 3 is 2.42 bits per heavy atom. The molecule has 3 N–H and O–H groups in total. The van der Waals surface area contributed by atoms with Gasteiger partial charge in [-0.25, -0.2) is 4.39 Å². The summed E-state index contributed by atoms with van der Waals surface area (Å²) < 4.78 is 13.4. The van der Waals surface area contributed by atoms with Crippen molar-refractivity contribution < 1.29 is 14.0 Å². The van der Waals surface area contributed by atoms with Crippen LogP contribution in [0.25, 0.3) is 0 Å². The molecule has 4 rings (SSSR count). The number of halogens is 1. The molecule has 3 aliphatic rings. The molecule has 1 heterocycles. The molecule has 1 aromatic rings. The van der Waals surface area contributed by atoms with Gasteiger partial charge in [-0.3, -0.25) is 14.5 Å². The number of likely N-dealkylation sites (tertiary alicyclic amines) is 1. The summed E-state index contributed by atoms with van der Waals surface area (Å²) in [5.41, 5.74) is 5.98. The van der Waals surface area contributed by atoms with Gasteiger partial charge in [0.1, 0.15) is 11.9 Å².